The summed E-state index contributed by atoms with van der Waals surface area (Å²) < 4.78 is 43.4. The van der Waals surface area contributed by atoms with E-state index in [1.165, 1.54) is 12.0 Å². The van der Waals surface area contributed by atoms with Gasteiger partial charge in [0.1, 0.15) is 0 Å². The van der Waals surface area contributed by atoms with Gasteiger partial charge in [-0.15, -0.1) is 0 Å². The molecule has 0 saturated carbocycles. The Hall–Kier alpha value is -1.86. The van der Waals surface area contributed by atoms with Gasteiger partial charge in [-0.1, -0.05) is 18.2 Å². The van der Waals surface area contributed by atoms with Crippen molar-refractivity contribution in [2.24, 2.45) is 0 Å². The van der Waals surface area contributed by atoms with E-state index in [-0.39, 0.29) is 26.1 Å². The Morgan fingerprint density at radius 1 is 1.26 bits per heavy atom. The fraction of sp³-hybridized carbons (Fsp3) is 0.438. The Bertz CT molecular complexity index is 647. The zero-order valence-electron chi connectivity index (χ0n) is 12.8. The molecule has 23 heavy (non-hydrogen) atoms. The molecule has 0 spiro atoms. The van der Waals surface area contributed by atoms with Crippen LogP contribution in [-0.4, -0.2) is 48.0 Å². The van der Waals surface area contributed by atoms with Crippen molar-refractivity contribution in [1.29, 1.82) is 0 Å². The van der Waals surface area contributed by atoms with Crippen molar-refractivity contribution in [3.8, 4) is 5.88 Å². The Morgan fingerprint density at radius 2 is 2.00 bits per heavy atom. The number of benzene rings is 1. The van der Waals surface area contributed by atoms with E-state index in [0.717, 1.165) is 10.9 Å². The van der Waals surface area contributed by atoms with Gasteiger partial charge in [-0.2, -0.15) is 13.2 Å². The van der Waals surface area contributed by atoms with Crippen molar-refractivity contribution in [2.45, 2.75) is 19.1 Å². The molecule has 0 bridgehead atoms. The van der Waals surface area contributed by atoms with Gasteiger partial charge in [-0.05, 0) is 18.6 Å². The molecule has 0 aliphatic rings. The monoisotopic (exact) mass is 328 g/mol. The van der Waals surface area contributed by atoms with Gasteiger partial charge >= 0.3 is 6.18 Å². The molecule has 0 atom stereocenters. The van der Waals surface area contributed by atoms with E-state index in [9.17, 15) is 13.2 Å². The molecule has 2 aromatic rings. The minimum atomic E-state index is -4.30. The second-order valence-electron chi connectivity index (χ2n) is 5.25. The van der Waals surface area contributed by atoms with Crippen LogP contribution >= 0.6 is 0 Å². The molecule has 2 rings (SSSR count). The van der Waals surface area contributed by atoms with Gasteiger partial charge in [0.25, 0.3) is 0 Å². The number of nitrogens with zero attached hydrogens (tertiary/aromatic N) is 2. The van der Waals surface area contributed by atoms with Crippen molar-refractivity contribution < 1.29 is 23.0 Å². The number of pyridine rings is 1. The zero-order valence-corrected chi connectivity index (χ0v) is 12.8. The molecule has 0 amide bonds. The molecule has 4 nitrogen and oxygen atoms in total. The molecule has 126 valence electrons. The van der Waals surface area contributed by atoms with E-state index in [0.29, 0.717) is 11.4 Å². The smallest absolute Gasteiger partial charge is 0.401 e. The maximum absolute atomic E-state index is 12.7. The quantitative estimate of drug-likeness (QED) is 0.849. The van der Waals surface area contributed by atoms with Crippen molar-refractivity contribution in [1.82, 2.24) is 9.88 Å². The highest BCUT2D eigenvalue weighted by molar-refractivity contribution is 5.80. The first kappa shape index (κ1) is 17.5. The molecule has 0 radical (unpaired) electrons. The molecule has 0 fully saturated rings. The number of aliphatic hydroxyl groups is 1. The Balaban J connectivity index is 2.28. The summed E-state index contributed by atoms with van der Waals surface area (Å²) in [6, 6.07) is 9.16. The van der Waals surface area contributed by atoms with Gasteiger partial charge in [-0.3, -0.25) is 4.90 Å². The molecule has 0 unspecified atom stereocenters. The third-order valence-corrected chi connectivity index (χ3v) is 3.39. The number of fused-ring (bicyclic) bond motifs is 1. The summed E-state index contributed by atoms with van der Waals surface area (Å²) in [4.78, 5) is 5.58. The largest absolute Gasteiger partial charge is 0.481 e. The lowest BCUT2D eigenvalue weighted by Crippen LogP contribution is -2.35. The fourth-order valence-corrected chi connectivity index (χ4v) is 2.43. The SMILES string of the molecule is COc1nc2ccccc2cc1CN(CCCO)CC(F)(F)F. The lowest BCUT2D eigenvalue weighted by atomic mass is 10.1. The third kappa shape index (κ3) is 5.07. The number of methoxy groups -OCH3 is 1. The van der Waals surface area contributed by atoms with E-state index in [4.69, 9.17) is 9.84 Å². The second-order valence-corrected chi connectivity index (χ2v) is 5.25. The van der Waals surface area contributed by atoms with Gasteiger partial charge in [0.2, 0.25) is 5.88 Å². The fourth-order valence-electron chi connectivity index (χ4n) is 2.43. The summed E-state index contributed by atoms with van der Waals surface area (Å²) in [5.74, 6) is 0.319. The summed E-state index contributed by atoms with van der Waals surface area (Å²) in [5.41, 5.74) is 1.32. The highest BCUT2D eigenvalue weighted by Crippen LogP contribution is 2.25. The molecular formula is C16H19F3N2O2. The number of alkyl halides is 3. The first-order valence-corrected chi connectivity index (χ1v) is 7.25. The van der Waals surface area contributed by atoms with Crippen LogP contribution in [-0.2, 0) is 6.54 Å². The van der Waals surface area contributed by atoms with Gasteiger partial charge < -0.3 is 9.84 Å². The average molecular weight is 328 g/mol. The van der Waals surface area contributed by atoms with Crippen LogP contribution < -0.4 is 4.74 Å². The first-order chi connectivity index (χ1) is 10.9. The summed E-state index contributed by atoms with van der Waals surface area (Å²) in [5, 5.41) is 9.72. The van der Waals surface area contributed by atoms with Gasteiger partial charge in [0.05, 0.1) is 19.2 Å². The number of hydrogen-bond acceptors (Lipinski definition) is 4. The normalized spacial score (nSPS) is 12.1. The van der Waals surface area contributed by atoms with E-state index >= 15 is 0 Å². The molecule has 1 aromatic heterocycles. The van der Waals surface area contributed by atoms with E-state index < -0.39 is 12.7 Å². The number of para-hydroxylation sites is 1. The number of aliphatic hydroxyl groups excluding tert-OH is 1. The average Bonchev–Trinajstić information content (AvgIpc) is 2.50. The van der Waals surface area contributed by atoms with E-state index in [1.54, 1.807) is 6.07 Å². The summed E-state index contributed by atoms with van der Waals surface area (Å²) in [6.07, 6.45) is -4.02. The van der Waals surface area contributed by atoms with Crippen molar-refractivity contribution >= 4 is 10.9 Å². The van der Waals surface area contributed by atoms with Crippen molar-refractivity contribution in [3.63, 3.8) is 0 Å². The summed E-state index contributed by atoms with van der Waals surface area (Å²) in [6.45, 7) is -0.989. The van der Waals surface area contributed by atoms with Crippen LogP contribution in [0.25, 0.3) is 10.9 Å². The van der Waals surface area contributed by atoms with E-state index in [2.05, 4.69) is 4.98 Å². The standard InChI is InChI=1S/C16H19F3N2O2/c1-23-15-13(9-12-5-2-3-6-14(12)20-15)10-21(7-4-8-22)11-16(17,18)19/h2-3,5-6,9,22H,4,7-8,10-11H2,1H3. The predicted octanol–water partition coefficient (Wildman–Crippen LogP) is 2.99. The number of halogens is 3. The predicted molar refractivity (Wildman–Crippen MR) is 81.3 cm³/mol. The van der Waals surface area contributed by atoms with Crippen molar-refractivity contribution in [3.05, 3.63) is 35.9 Å². The molecule has 0 saturated heterocycles. The maximum Gasteiger partial charge on any atom is 0.401 e. The second kappa shape index (κ2) is 7.61. The molecule has 1 aromatic carbocycles. The number of ether oxygens (including phenoxy) is 1. The molecule has 0 aliphatic heterocycles. The van der Waals surface area contributed by atoms with Crippen LogP contribution in [0.3, 0.4) is 0 Å². The van der Waals surface area contributed by atoms with Crippen LogP contribution in [0.2, 0.25) is 0 Å². The zero-order chi connectivity index (χ0) is 16.9. The van der Waals surface area contributed by atoms with Crippen LogP contribution in [0.5, 0.6) is 5.88 Å². The highest BCUT2D eigenvalue weighted by atomic mass is 19.4. The van der Waals surface area contributed by atoms with Crippen molar-refractivity contribution in [2.75, 3.05) is 26.8 Å². The minimum absolute atomic E-state index is 0.0561. The molecule has 1 heterocycles. The first-order valence-electron chi connectivity index (χ1n) is 7.25. The van der Waals surface area contributed by atoms with Crippen LogP contribution in [0, 0.1) is 0 Å². The summed E-state index contributed by atoms with van der Waals surface area (Å²) in [7, 11) is 1.45. The Kier molecular flexibility index (Phi) is 5.79. The lowest BCUT2D eigenvalue weighted by Gasteiger charge is -2.24. The summed E-state index contributed by atoms with van der Waals surface area (Å²) >= 11 is 0. The third-order valence-electron chi connectivity index (χ3n) is 3.39. The number of aromatic nitrogens is 1. The van der Waals surface area contributed by atoms with Crippen LogP contribution in [0.15, 0.2) is 30.3 Å². The van der Waals surface area contributed by atoms with E-state index in [1.807, 2.05) is 24.3 Å². The molecular weight excluding hydrogens is 309 g/mol. The minimum Gasteiger partial charge on any atom is -0.481 e. The molecule has 7 heteroatoms. The van der Waals surface area contributed by atoms with Gasteiger partial charge in [0.15, 0.2) is 0 Å². The number of hydrogen-bond donors (Lipinski definition) is 1. The number of rotatable bonds is 7. The highest BCUT2D eigenvalue weighted by Gasteiger charge is 2.31. The van der Waals surface area contributed by atoms with Gasteiger partial charge in [-0.25, -0.2) is 4.98 Å². The lowest BCUT2D eigenvalue weighted by molar-refractivity contribution is -0.147. The molecule has 1 N–H and O–H groups in total. The molecule has 0 aliphatic carbocycles. The van der Waals surface area contributed by atoms with Crippen LogP contribution in [0.4, 0.5) is 13.2 Å². The topological polar surface area (TPSA) is 45.6 Å². The Labute approximate surface area is 132 Å². The maximum atomic E-state index is 12.7. The van der Waals surface area contributed by atoms with Gasteiger partial charge in [0, 0.05) is 30.6 Å². The van der Waals surface area contributed by atoms with Crippen LogP contribution in [0.1, 0.15) is 12.0 Å². The Morgan fingerprint density at radius 3 is 2.65 bits per heavy atom.